The first-order chi connectivity index (χ1) is 3.92. The van der Waals surface area contributed by atoms with Crippen molar-refractivity contribution in [2.75, 3.05) is 0 Å². The van der Waals surface area contributed by atoms with Crippen LogP contribution in [-0.2, 0) is 4.79 Å². The first-order valence-corrected chi connectivity index (χ1v) is 3.03. The highest BCUT2D eigenvalue weighted by atomic mass is 32.1. The van der Waals surface area contributed by atoms with Crippen LogP contribution >= 0.6 is 12.6 Å². The van der Waals surface area contributed by atoms with Crippen molar-refractivity contribution in [2.24, 2.45) is 0 Å². The zero-order valence-electron chi connectivity index (χ0n) is 5.16. The van der Waals surface area contributed by atoms with Gasteiger partial charge in [-0.15, -0.1) is 12.6 Å². The van der Waals surface area contributed by atoms with Crippen LogP contribution in [0.25, 0.3) is 0 Å². The molecular weight excluding hydrogens is 140 g/mol. The third-order valence-electron chi connectivity index (χ3n) is 0.812. The first kappa shape index (κ1) is 8.78. The standard InChI is InChI=1S/C5H10O3S/c1-5(8,9)3-2-4(6)7/h8-9H,2-3H2,1H3,(H,6,7). The zero-order chi connectivity index (χ0) is 7.49. The van der Waals surface area contributed by atoms with E-state index in [4.69, 9.17) is 10.2 Å². The highest BCUT2D eigenvalue weighted by Gasteiger charge is 2.14. The first-order valence-electron chi connectivity index (χ1n) is 2.58. The second kappa shape index (κ2) is 3.08. The normalized spacial score (nSPS) is 16.8. The Morgan fingerprint density at radius 2 is 2.22 bits per heavy atom. The number of carbonyl (C=O) groups is 1. The van der Waals surface area contributed by atoms with Crippen LogP contribution in [0.1, 0.15) is 19.8 Å². The summed E-state index contributed by atoms with van der Waals surface area (Å²) in [4.78, 5) is 8.75. The summed E-state index contributed by atoms with van der Waals surface area (Å²) >= 11 is 3.72. The SMILES string of the molecule is CC(O)(S)CCC(=O)O. The molecule has 0 heterocycles. The van der Waals surface area contributed by atoms with Crippen LogP contribution in [0.15, 0.2) is 0 Å². The van der Waals surface area contributed by atoms with Crippen molar-refractivity contribution < 1.29 is 15.0 Å². The molecule has 0 aliphatic carbocycles. The van der Waals surface area contributed by atoms with E-state index in [1.54, 1.807) is 0 Å². The summed E-state index contributed by atoms with van der Waals surface area (Å²) in [5.74, 6) is -0.913. The van der Waals surface area contributed by atoms with E-state index in [0.717, 1.165) is 0 Å². The molecule has 0 spiro atoms. The molecule has 0 fully saturated rings. The van der Waals surface area contributed by atoms with Gasteiger partial charge < -0.3 is 10.2 Å². The molecule has 0 aliphatic rings. The summed E-state index contributed by atoms with van der Waals surface area (Å²) in [5, 5.41) is 17.0. The minimum Gasteiger partial charge on any atom is -0.481 e. The molecule has 0 saturated carbocycles. The fraction of sp³-hybridized carbons (Fsp3) is 0.800. The van der Waals surface area contributed by atoms with E-state index < -0.39 is 10.9 Å². The molecule has 1 unspecified atom stereocenters. The Bertz CT molecular complexity index is 105. The topological polar surface area (TPSA) is 57.5 Å². The summed E-state index contributed by atoms with van der Waals surface area (Å²) < 4.78 is 0. The Balaban J connectivity index is 3.39. The minimum absolute atomic E-state index is 0.0451. The predicted octanol–water partition coefficient (Wildman–Crippen LogP) is 0.490. The van der Waals surface area contributed by atoms with Crippen LogP contribution < -0.4 is 0 Å². The lowest BCUT2D eigenvalue weighted by Crippen LogP contribution is -2.16. The van der Waals surface area contributed by atoms with Gasteiger partial charge in [-0.05, 0) is 13.3 Å². The largest absolute Gasteiger partial charge is 0.481 e. The highest BCUT2D eigenvalue weighted by Crippen LogP contribution is 2.15. The van der Waals surface area contributed by atoms with Gasteiger partial charge in [0.05, 0.1) is 0 Å². The maximum Gasteiger partial charge on any atom is 0.303 e. The van der Waals surface area contributed by atoms with E-state index in [2.05, 4.69) is 12.6 Å². The van der Waals surface area contributed by atoms with Crippen molar-refractivity contribution in [1.29, 1.82) is 0 Å². The molecule has 4 heteroatoms. The van der Waals surface area contributed by atoms with Gasteiger partial charge in [0.1, 0.15) is 4.93 Å². The second-order valence-electron chi connectivity index (χ2n) is 2.11. The molecule has 9 heavy (non-hydrogen) atoms. The van der Waals surface area contributed by atoms with Gasteiger partial charge in [0.15, 0.2) is 0 Å². The van der Waals surface area contributed by atoms with Gasteiger partial charge >= 0.3 is 5.97 Å². The van der Waals surface area contributed by atoms with Gasteiger partial charge in [-0.25, -0.2) is 0 Å². The Kier molecular flexibility index (Phi) is 3.00. The number of rotatable bonds is 3. The molecule has 0 aromatic rings. The molecule has 0 aromatic carbocycles. The monoisotopic (exact) mass is 150 g/mol. The Labute approximate surface area is 59.1 Å². The van der Waals surface area contributed by atoms with Crippen LogP contribution in [0.4, 0.5) is 0 Å². The molecule has 0 aliphatic heterocycles. The molecule has 54 valence electrons. The molecule has 0 radical (unpaired) electrons. The molecule has 0 aromatic heterocycles. The summed E-state index contributed by atoms with van der Waals surface area (Å²) in [7, 11) is 0. The van der Waals surface area contributed by atoms with E-state index >= 15 is 0 Å². The van der Waals surface area contributed by atoms with Gasteiger partial charge in [0, 0.05) is 6.42 Å². The molecular formula is C5H10O3S. The summed E-state index contributed by atoms with van der Waals surface area (Å²) in [6.45, 7) is 1.46. The Morgan fingerprint density at radius 1 is 1.78 bits per heavy atom. The van der Waals surface area contributed by atoms with Crippen molar-refractivity contribution in [3.8, 4) is 0 Å². The van der Waals surface area contributed by atoms with Crippen LogP contribution in [0, 0.1) is 0 Å². The average Bonchev–Trinajstić information content (AvgIpc) is 1.59. The molecule has 3 nitrogen and oxygen atoms in total. The second-order valence-corrected chi connectivity index (χ2v) is 3.07. The number of aliphatic hydroxyl groups is 1. The van der Waals surface area contributed by atoms with Crippen LogP contribution in [0.2, 0.25) is 0 Å². The number of hydrogen-bond donors (Lipinski definition) is 3. The van der Waals surface area contributed by atoms with Crippen molar-refractivity contribution >= 4 is 18.6 Å². The molecule has 0 amide bonds. The zero-order valence-corrected chi connectivity index (χ0v) is 6.06. The van der Waals surface area contributed by atoms with E-state index in [0.29, 0.717) is 0 Å². The van der Waals surface area contributed by atoms with Gasteiger partial charge in [-0.2, -0.15) is 0 Å². The number of thiol groups is 1. The molecule has 0 saturated heterocycles. The molecule has 2 N–H and O–H groups in total. The predicted molar refractivity (Wildman–Crippen MR) is 36.5 cm³/mol. The van der Waals surface area contributed by atoms with E-state index in [9.17, 15) is 4.79 Å². The van der Waals surface area contributed by atoms with Gasteiger partial charge in [0.25, 0.3) is 0 Å². The van der Waals surface area contributed by atoms with Crippen molar-refractivity contribution in [3.05, 3.63) is 0 Å². The van der Waals surface area contributed by atoms with E-state index in [1.165, 1.54) is 6.92 Å². The molecule has 0 rings (SSSR count). The summed E-state index contributed by atoms with van der Waals surface area (Å²) in [6, 6.07) is 0. The fourth-order valence-corrected chi connectivity index (χ4v) is 0.456. The lowest BCUT2D eigenvalue weighted by atomic mass is 10.2. The fourth-order valence-electron chi connectivity index (χ4n) is 0.344. The number of hydrogen-bond acceptors (Lipinski definition) is 3. The van der Waals surface area contributed by atoms with Crippen LogP contribution in [-0.4, -0.2) is 21.1 Å². The summed E-state index contributed by atoms with van der Waals surface area (Å²) in [5.41, 5.74) is 0. The summed E-state index contributed by atoms with van der Waals surface area (Å²) in [6.07, 6.45) is 0.127. The van der Waals surface area contributed by atoms with Crippen LogP contribution in [0.5, 0.6) is 0 Å². The maximum absolute atomic E-state index is 9.90. The van der Waals surface area contributed by atoms with Gasteiger partial charge in [-0.1, -0.05) is 0 Å². The smallest absolute Gasteiger partial charge is 0.303 e. The number of carboxylic acid groups (broad SMARTS) is 1. The molecule has 0 bridgehead atoms. The van der Waals surface area contributed by atoms with E-state index in [-0.39, 0.29) is 12.8 Å². The third-order valence-corrected chi connectivity index (χ3v) is 1.04. The third kappa shape index (κ3) is 7.78. The van der Waals surface area contributed by atoms with E-state index in [1.807, 2.05) is 0 Å². The molecule has 1 atom stereocenters. The van der Waals surface area contributed by atoms with Crippen molar-refractivity contribution in [3.63, 3.8) is 0 Å². The number of carboxylic acids is 1. The Morgan fingerprint density at radius 3 is 2.33 bits per heavy atom. The Hall–Kier alpha value is -0.220. The van der Waals surface area contributed by atoms with Crippen molar-refractivity contribution in [1.82, 2.24) is 0 Å². The minimum atomic E-state index is -1.15. The van der Waals surface area contributed by atoms with Crippen LogP contribution in [0.3, 0.4) is 0 Å². The lowest BCUT2D eigenvalue weighted by Gasteiger charge is -2.13. The average molecular weight is 150 g/mol. The van der Waals surface area contributed by atoms with Gasteiger partial charge in [0.2, 0.25) is 0 Å². The maximum atomic E-state index is 9.90. The lowest BCUT2D eigenvalue weighted by molar-refractivity contribution is -0.137. The number of aliphatic carboxylic acids is 1. The van der Waals surface area contributed by atoms with Gasteiger partial charge in [-0.3, -0.25) is 4.79 Å². The highest BCUT2D eigenvalue weighted by molar-refractivity contribution is 7.81. The quantitative estimate of drug-likeness (QED) is 0.405. The van der Waals surface area contributed by atoms with Crippen molar-refractivity contribution in [2.45, 2.75) is 24.7 Å².